The van der Waals surface area contributed by atoms with Crippen LogP contribution in [0.4, 0.5) is 0 Å². The van der Waals surface area contributed by atoms with Gasteiger partial charge in [0.05, 0.1) is 28.4 Å². The number of hydrogen-bond acceptors (Lipinski definition) is 14. The Labute approximate surface area is 702 Å². The normalized spacial score (nSPS) is 11.0. The second kappa shape index (κ2) is 51.3. The fraction of sp³-hybridized carbons (Fsp3) is 0.265. The highest BCUT2D eigenvalue weighted by Gasteiger charge is 2.21. The fourth-order valence-corrected chi connectivity index (χ4v) is 15.5. The van der Waals surface area contributed by atoms with Crippen molar-refractivity contribution in [1.82, 2.24) is 0 Å². The van der Waals surface area contributed by atoms with E-state index < -0.39 is 7.12 Å². The van der Waals surface area contributed by atoms with Crippen molar-refractivity contribution in [1.29, 1.82) is 0 Å². The molecule has 2 atom stereocenters. The summed E-state index contributed by atoms with van der Waals surface area (Å²) in [6.07, 6.45) is 2.56. The third kappa shape index (κ3) is 29.7. The number of rotatable bonds is 21. The molecule has 1 aliphatic rings. The van der Waals surface area contributed by atoms with Gasteiger partial charge in [0.15, 0.2) is 20.4 Å². The quantitative estimate of drug-likeness (QED) is 0.0354. The standard InChI is InChI=1S/C24H27O3P.C22H23O2P.C16H18O2.C8H11BO4.C8H9Br.2C8H10O.C4H8O/c1-16-9-6-10-17(2)22(16)19-12-8-14-21(23(19)27-15-25-4)28-24-18(3)11-7-13-20(24)26-5;1-14-8-5-9-15(2)20(14)17-11-7-13-19(21(17)23)25-22-16(3)10-6-12-18(22)24-4;1-12-7-6-8-13(2)16(12)14-9-4-5-10-15(14)18-11-17-3;1-12-6-13-8-5-3-2-4-7(8)9(10)11;1-6-4-3-5-7(2)8(6)9;2*1-7-4-3-5-8(6-7)9-2;1-2-4-5-3-1/h6-14,28H,15H2,1-5H3;5-13,23,25H,1-4H3;4-10H,11H2,1-3H3;2-5,10-11H,6H2,1H3;3-5H,1-2H3;2*3-6H,1-2H3;1-4H2. The molecule has 116 heavy (non-hydrogen) atoms. The van der Waals surface area contributed by atoms with Gasteiger partial charge in [-0.25, -0.2) is 0 Å². The molecule has 0 aliphatic carbocycles. The highest BCUT2D eigenvalue weighted by molar-refractivity contribution is 9.10. The van der Waals surface area contributed by atoms with Gasteiger partial charge in [-0.05, 0) is 228 Å². The second-order valence-corrected chi connectivity index (χ2v) is 30.7. The molecule has 0 aromatic heterocycles. The second-order valence-electron chi connectivity index (χ2n) is 27.4. The first-order valence-electron chi connectivity index (χ1n) is 38.3. The lowest BCUT2D eigenvalue weighted by Gasteiger charge is -2.19. The number of aromatic hydroxyl groups is 1. The molecule has 12 aromatic rings. The molecule has 0 radical (unpaired) electrons. The minimum Gasteiger partial charge on any atom is -0.507 e. The molecule has 1 aliphatic heterocycles. The molecule has 1 fully saturated rings. The molecule has 14 nitrogen and oxygen atoms in total. The number of ether oxygens (including phenoxy) is 11. The highest BCUT2D eigenvalue weighted by atomic mass is 79.9. The fourth-order valence-electron chi connectivity index (χ4n) is 12.5. The van der Waals surface area contributed by atoms with Crippen molar-refractivity contribution in [3.63, 3.8) is 0 Å². The first-order valence-corrected chi connectivity index (χ1v) is 41.1. The Balaban J connectivity index is 0.000000217. The number of phenols is 1. The zero-order valence-electron chi connectivity index (χ0n) is 70.8. The number of hydrogen-bond donors (Lipinski definition) is 3. The van der Waals surface area contributed by atoms with Crippen LogP contribution < -0.4 is 59.8 Å². The van der Waals surface area contributed by atoms with E-state index in [1.807, 2.05) is 123 Å². The van der Waals surface area contributed by atoms with Crippen LogP contribution >= 0.6 is 33.1 Å². The van der Waals surface area contributed by atoms with E-state index in [1.54, 1.807) is 66.9 Å². The summed E-state index contributed by atoms with van der Waals surface area (Å²) in [7, 11) is 10.8. The molecule has 12 aromatic carbocycles. The highest BCUT2D eigenvalue weighted by Crippen LogP contribution is 2.40. The molecule has 18 heteroatoms. The van der Waals surface area contributed by atoms with E-state index in [4.69, 9.17) is 62.2 Å². The minimum atomic E-state index is -1.52. The van der Waals surface area contributed by atoms with Crippen LogP contribution in [0.15, 0.2) is 247 Å². The number of aryl methyl sites for hydroxylation is 12. The molecule has 0 saturated carbocycles. The Morgan fingerprint density at radius 2 is 0.690 bits per heavy atom. The zero-order valence-corrected chi connectivity index (χ0v) is 74.4. The zero-order chi connectivity index (χ0) is 84.5. The molecule has 2 unspecified atom stereocenters. The van der Waals surface area contributed by atoms with Gasteiger partial charge in [0, 0.05) is 82.4 Å². The average molecular weight is 1670 g/mol. The van der Waals surface area contributed by atoms with Crippen LogP contribution in [0.3, 0.4) is 0 Å². The minimum absolute atomic E-state index is 0.0870. The third-order valence-corrected chi connectivity index (χ3v) is 22.8. The molecular weight excluding hydrogens is 1550 g/mol. The van der Waals surface area contributed by atoms with E-state index in [-0.39, 0.29) is 20.4 Å². The lowest BCUT2D eigenvalue weighted by atomic mass is 9.80. The Bertz CT molecular complexity index is 4840. The summed E-state index contributed by atoms with van der Waals surface area (Å²) >= 11 is 3.48. The third-order valence-electron chi connectivity index (χ3n) is 18.5. The molecule has 0 spiro atoms. The first kappa shape index (κ1) is 95.1. The number of phenolic OH excluding ortho intramolecular Hbond substituents is 1. The summed E-state index contributed by atoms with van der Waals surface area (Å²) in [6, 6.07) is 80.4. The van der Waals surface area contributed by atoms with E-state index in [1.165, 1.54) is 108 Å². The van der Waals surface area contributed by atoms with E-state index >= 15 is 0 Å². The van der Waals surface area contributed by atoms with Crippen molar-refractivity contribution < 1.29 is 67.3 Å². The molecule has 1 saturated heterocycles. The molecule has 13 rings (SSSR count). The summed E-state index contributed by atoms with van der Waals surface area (Å²) in [4.78, 5) is 0. The van der Waals surface area contributed by atoms with Crippen LogP contribution in [0.25, 0.3) is 33.4 Å². The summed E-state index contributed by atoms with van der Waals surface area (Å²) in [5.74, 6) is 6.15. The van der Waals surface area contributed by atoms with Gasteiger partial charge in [0.2, 0.25) is 0 Å². The van der Waals surface area contributed by atoms with Gasteiger partial charge in [0.1, 0.15) is 46.0 Å². The van der Waals surface area contributed by atoms with Gasteiger partial charge in [-0.15, -0.1) is 0 Å². The topological polar surface area (TPSA) is 162 Å². The Hall–Kier alpha value is -9.80. The monoisotopic (exact) mass is 1670 g/mol. The largest absolute Gasteiger partial charge is 0.507 e. The summed E-state index contributed by atoms with van der Waals surface area (Å²) < 4.78 is 59.0. The van der Waals surface area contributed by atoms with Crippen molar-refractivity contribution >= 4 is 66.9 Å². The lowest BCUT2D eigenvalue weighted by molar-refractivity contribution is 0.0514. The van der Waals surface area contributed by atoms with Crippen molar-refractivity contribution in [3.8, 4) is 79.4 Å². The number of halogens is 1. The number of methoxy groups -OCH3 is 7. The van der Waals surface area contributed by atoms with E-state index in [0.29, 0.717) is 34.1 Å². The summed E-state index contributed by atoms with van der Waals surface area (Å²) in [5, 5.41) is 33.3. The van der Waals surface area contributed by atoms with Crippen LogP contribution in [-0.2, 0) is 18.9 Å². The molecular formula is C98H116BBrO14P2. The smallest absolute Gasteiger partial charge is 0.492 e. The van der Waals surface area contributed by atoms with Crippen molar-refractivity contribution in [2.75, 3.05) is 83.4 Å². The van der Waals surface area contributed by atoms with Crippen molar-refractivity contribution in [2.24, 2.45) is 0 Å². The van der Waals surface area contributed by atoms with Gasteiger partial charge in [-0.2, -0.15) is 0 Å². The molecule has 1 heterocycles. The van der Waals surface area contributed by atoms with Crippen molar-refractivity contribution in [3.05, 3.63) is 314 Å². The first-order chi connectivity index (χ1) is 55.9. The lowest BCUT2D eigenvalue weighted by Crippen LogP contribution is -2.31. The maximum atomic E-state index is 11.0. The number of para-hydroxylation sites is 4. The van der Waals surface area contributed by atoms with Gasteiger partial charge >= 0.3 is 7.12 Å². The van der Waals surface area contributed by atoms with Crippen LogP contribution in [0, 0.1) is 83.1 Å². The van der Waals surface area contributed by atoms with Gasteiger partial charge < -0.3 is 67.3 Å². The van der Waals surface area contributed by atoms with Gasteiger partial charge in [-0.1, -0.05) is 227 Å². The Morgan fingerprint density at radius 1 is 0.345 bits per heavy atom. The van der Waals surface area contributed by atoms with Gasteiger partial charge in [-0.3, -0.25) is 0 Å². The van der Waals surface area contributed by atoms with Gasteiger partial charge in [0.25, 0.3) is 0 Å². The average Bonchev–Trinajstić information content (AvgIpc) is 0.851. The van der Waals surface area contributed by atoms with Crippen LogP contribution in [0.5, 0.6) is 46.0 Å². The predicted molar refractivity (Wildman–Crippen MR) is 489 cm³/mol. The van der Waals surface area contributed by atoms with E-state index in [0.717, 1.165) is 85.9 Å². The molecule has 0 amide bonds. The predicted octanol–water partition coefficient (Wildman–Crippen LogP) is 20.7. The molecule has 3 N–H and O–H groups in total. The van der Waals surface area contributed by atoms with Crippen molar-refractivity contribution in [2.45, 2.75) is 95.9 Å². The summed E-state index contributed by atoms with van der Waals surface area (Å²) in [6.45, 7) is 27.7. The Morgan fingerprint density at radius 3 is 1.10 bits per heavy atom. The maximum Gasteiger partial charge on any atom is 0.492 e. The SMILES string of the molecule is C1CCOC1.COCOc1c(Pc2c(C)cccc2OC)cccc1-c1c(C)cccc1C.COCOc1ccccc1-c1c(C)cccc1C.COCOc1ccccc1B(O)O.COc1cccc(C)c1.COc1cccc(C)c1.COc1cccc(C)c1Pc1cccc(-c2c(C)cccc2C)c1O.Cc1cccc(C)c1Br. The van der Waals surface area contributed by atoms with Crippen LogP contribution in [0.2, 0.25) is 0 Å². The van der Waals surface area contributed by atoms with E-state index in [2.05, 4.69) is 194 Å². The molecule has 0 bridgehead atoms. The molecule has 612 valence electrons. The Kier molecular flexibility index (Phi) is 42.0. The summed E-state index contributed by atoms with van der Waals surface area (Å²) in [5.41, 5.74) is 21.8. The van der Waals surface area contributed by atoms with Crippen LogP contribution in [-0.4, -0.2) is 106 Å². The van der Waals surface area contributed by atoms with E-state index in [9.17, 15) is 5.11 Å². The maximum absolute atomic E-state index is 11.0. The van der Waals surface area contributed by atoms with Crippen LogP contribution in [0.1, 0.15) is 79.6 Å². The number of benzene rings is 12.